The molecule has 0 bridgehead atoms. The molecule has 0 heterocycles. The molecule has 2 rings (SSSR count). The SMILES string of the molecule is [B](CCCCCC[B]c1ccccc1)c1ccccc1. The minimum Gasteiger partial charge on any atom is -0.0878 e. The van der Waals surface area contributed by atoms with Gasteiger partial charge in [-0.3, -0.25) is 0 Å². The van der Waals surface area contributed by atoms with E-state index in [1.807, 2.05) is 0 Å². The number of benzene rings is 2. The molecule has 2 aromatic rings. The van der Waals surface area contributed by atoms with Gasteiger partial charge in [-0.1, -0.05) is 110 Å². The highest BCUT2D eigenvalue weighted by atomic mass is 13.9. The Kier molecular flexibility index (Phi) is 7.09. The van der Waals surface area contributed by atoms with Gasteiger partial charge in [0.1, 0.15) is 0 Å². The van der Waals surface area contributed by atoms with Crippen LogP contribution in [0.5, 0.6) is 0 Å². The molecule has 0 nitrogen and oxygen atoms in total. The molecule has 2 aromatic carbocycles. The monoisotopic (exact) mass is 260 g/mol. The maximum Gasteiger partial charge on any atom is 0.151 e. The molecule has 0 aromatic heterocycles. The van der Waals surface area contributed by atoms with Crippen LogP contribution in [-0.4, -0.2) is 14.6 Å². The van der Waals surface area contributed by atoms with Gasteiger partial charge in [0.05, 0.1) is 0 Å². The van der Waals surface area contributed by atoms with E-state index in [1.165, 1.54) is 49.2 Å². The predicted octanol–water partition coefficient (Wildman–Crippen LogP) is 3.44. The number of hydrogen-bond acceptors (Lipinski definition) is 0. The molecular formula is C18H22B2. The van der Waals surface area contributed by atoms with E-state index < -0.39 is 0 Å². The second-order valence-corrected chi connectivity index (χ2v) is 5.22. The van der Waals surface area contributed by atoms with Crippen molar-refractivity contribution in [3.63, 3.8) is 0 Å². The van der Waals surface area contributed by atoms with E-state index in [2.05, 4.69) is 75.2 Å². The lowest BCUT2D eigenvalue weighted by Crippen LogP contribution is -2.12. The minimum absolute atomic E-state index is 1.20. The summed E-state index contributed by atoms with van der Waals surface area (Å²) < 4.78 is 0. The second kappa shape index (κ2) is 9.47. The Bertz CT molecular complexity index is 408. The molecule has 0 saturated heterocycles. The number of rotatable bonds is 9. The van der Waals surface area contributed by atoms with Crippen LogP contribution in [0.1, 0.15) is 25.7 Å². The Morgan fingerprint density at radius 1 is 0.500 bits per heavy atom. The van der Waals surface area contributed by atoms with Gasteiger partial charge in [-0.05, 0) is 0 Å². The van der Waals surface area contributed by atoms with Crippen molar-refractivity contribution in [3.8, 4) is 0 Å². The summed E-state index contributed by atoms with van der Waals surface area (Å²) in [6.45, 7) is 0. The van der Waals surface area contributed by atoms with Gasteiger partial charge < -0.3 is 0 Å². The lowest BCUT2D eigenvalue weighted by Gasteiger charge is -2.02. The van der Waals surface area contributed by atoms with Crippen molar-refractivity contribution in [2.45, 2.75) is 38.3 Å². The smallest absolute Gasteiger partial charge is 0.0878 e. The number of unbranched alkanes of at least 4 members (excludes halogenated alkanes) is 3. The van der Waals surface area contributed by atoms with E-state index in [1.54, 1.807) is 0 Å². The maximum absolute atomic E-state index is 2.34. The summed E-state index contributed by atoms with van der Waals surface area (Å²) >= 11 is 0. The van der Waals surface area contributed by atoms with Crippen LogP contribution in [0.4, 0.5) is 0 Å². The van der Waals surface area contributed by atoms with Crippen LogP contribution in [0.25, 0.3) is 0 Å². The standard InChI is InChI=1S/C18H22B2/c1(9-15-19-17-11-5-3-6-12-17)2-10-16-20-18-13-7-4-8-14-18/h3-8,11-14H,1-2,9-10,15-16H2. The first kappa shape index (κ1) is 15.0. The van der Waals surface area contributed by atoms with Crippen LogP contribution in [0.15, 0.2) is 60.7 Å². The highest BCUT2D eigenvalue weighted by Crippen LogP contribution is 2.05. The van der Waals surface area contributed by atoms with Crippen LogP contribution in [0, 0.1) is 0 Å². The highest BCUT2D eigenvalue weighted by molar-refractivity contribution is 6.53. The molecule has 0 spiro atoms. The van der Waals surface area contributed by atoms with Gasteiger partial charge in [0.25, 0.3) is 0 Å². The molecule has 2 heteroatoms. The molecule has 0 unspecified atom stereocenters. The summed E-state index contributed by atoms with van der Waals surface area (Å²) in [4.78, 5) is 0. The van der Waals surface area contributed by atoms with E-state index in [9.17, 15) is 0 Å². The van der Waals surface area contributed by atoms with E-state index in [0.29, 0.717) is 0 Å². The largest absolute Gasteiger partial charge is 0.151 e. The summed E-state index contributed by atoms with van der Waals surface area (Å²) in [5.74, 6) is 0. The minimum atomic E-state index is 1.20. The van der Waals surface area contributed by atoms with Gasteiger partial charge in [0, 0.05) is 0 Å². The first-order chi connectivity index (χ1) is 9.95. The van der Waals surface area contributed by atoms with Crippen molar-refractivity contribution in [1.82, 2.24) is 0 Å². The summed E-state index contributed by atoms with van der Waals surface area (Å²) in [5, 5.41) is 0. The predicted molar refractivity (Wildman–Crippen MR) is 91.7 cm³/mol. The molecule has 0 fully saturated rings. The van der Waals surface area contributed by atoms with Crippen LogP contribution in [0.2, 0.25) is 12.6 Å². The van der Waals surface area contributed by atoms with Crippen LogP contribution in [-0.2, 0) is 0 Å². The van der Waals surface area contributed by atoms with Gasteiger partial charge in [-0.25, -0.2) is 0 Å². The molecule has 0 aliphatic carbocycles. The summed E-state index contributed by atoms with van der Waals surface area (Å²) in [6, 6.07) is 21.3. The van der Waals surface area contributed by atoms with Gasteiger partial charge in [0.2, 0.25) is 0 Å². The summed E-state index contributed by atoms with van der Waals surface area (Å²) in [6.07, 6.45) is 7.69. The molecule has 0 N–H and O–H groups in total. The first-order valence-electron chi connectivity index (χ1n) is 7.72. The third-order valence-corrected chi connectivity index (χ3v) is 3.52. The summed E-state index contributed by atoms with van der Waals surface area (Å²) in [7, 11) is 4.69. The lowest BCUT2D eigenvalue weighted by molar-refractivity contribution is 0.699. The third kappa shape index (κ3) is 6.14. The van der Waals surface area contributed by atoms with E-state index >= 15 is 0 Å². The molecule has 0 aliphatic rings. The van der Waals surface area contributed by atoms with Crippen molar-refractivity contribution < 1.29 is 0 Å². The maximum atomic E-state index is 2.34. The molecule has 0 saturated carbocycles. The van der Waals surface area contributed by atoms with Crippen molar-refractivity contribution >= 4 is 25.5 Å². The highest BCUT2D eigenvalue weighted by Gasteiger charge is 1.97. The van der Waals surface area contributed by atoms with Crippen molar-refractivity contribution in [1.29, 1.82) is 0 Å². The molecule has 100 valence electrons. The summed E-state index contributed by atoms with van der Waals surface area (Å²) in [5.41, 5.74) is 2.70. The van der Waals surface area contributed by atoms with Gasteiger partial charge in [-0.2, -0.15) is 0 Å². The molecule has 0 amide bonds. The lowest BCUT2D eigenvalue weighted by atomic mass is 9.65. The van der Waals surface area contributed by atoms with Crippen LogP contribution in [0.3, 0.4) is 0 Å². The zero-order chi connectivity index (χ0) is 13.9. The topological polar surface area (TPSA) is 0 Å². The first-order valence-corrected chi connectivity index (χ1v) is 7.72. The Morgan fingerprint density at radius 3 is 1.30 bits per heavy atom. The molecule has 0 atom stereocenters. The van der Waals surface area contributed by atoms with Crippen molar-refractivity contribution in [3.05, 3.63) is 60.7 Å². The van der Waals surface area contributed by atoms with Gasteiger partial charge in [0.15, 0.2) is 14.6 Å². The fourth-order valence-corrected chi connectivity index (χ4v) is 2.36. The molecule has 2 radical (unpaired) electrons. The third-order valence-electron chi connectivity index (χ3n) is 3.52. The molecule has 20 heavy (non-hydrogen) atoms. The number of hydrogen-bond donors (Lipinski definition) is 0. The Morgan fingerprint density at radius 2 is 0.900 bits per heavy atom. The van der Waals surface area contributed by atoms with Crippen LogP contribution < -0.4 is 10.9 Å². The Balaban J connectivity index is 1.44. The van der Waals surface area contributed by atoms with Crippen LogP contribution >= 0.6 is 0 Å². The van der Waals surface area contributed by atoms with E-state index in [0.717, 1.165) is 0 Å². The average Bonchev–Trinajstić information content (AvgIpc) is 2.52. The van der Waals surface area contributed by atoms with Crippen molar-refractivity contribution in [2.24, 2.45) is 0 Å². The zero-order valence-electron chi connectivity index (χ0n) is 12.2. The molecule has 0 aliphatic heterocycles. The van der Waals surface area contributed by atoms with Gasteiger partial charge in [-0.15, -0.1) is 0 Å². The van der Waals surface area contributed by atoms with E-state index in [-0.39, 0.29) is 0 Å². The fourth-order valence-electron chi connectivity index (χ4n) is 2.36. The average molecular weight is 260 g/mol. The van der Waals surface area contributed by atoms with Gasteiger partial charge >= 0.3 is 0 Å². The quantitative estimate of drug-likeness (QED) is 0.478. The zero-order valence-corrected chi connectivity index (χ0v) is 12.2. The fraction of sp³-hybridized carbons (Fsp3) is 0.333. The Hall–Kier alpha value is -1.43. The van der Waals surface area contributed by atoms with E-state index in [4.69, 9.17) is 0 Å². The van der Waals surface area contributed by atoms with Crippen molar-refractivity contribution in [2.75, 3.05) is 0 Å². The Labute approximate surface area is 125 Å². The normalized spacial score (nSPS) is 10.2. The second-order valence-electron chi connectivity index (χ2n) is 5.22. The molecular weight excluding hydrogens is 238 g/mol.